The number of sulfonamides is 2. The fraction of sp³-hybridized carbons (Fsp3) is 0.348. The highest BCUT2D eigenvalue weighted by Crippen LogP contribution is 2.36. The average Bonchev–Trinajstić information content (AvgIpc) is 3.91. The van der Waals surface area contributed by atoms with Crippen LogP contribution in [-0.4, -0.2) is 105 Å². The second-order valence-corrected chi connectivity index (χ2v) is 19.7. The van der Waals surface area contributed by atoms with E-state index in [1.165, 1.54) is 37.2 Å². The molecule has 2 aliphatic heterocycles. The highest BCUT2D eigenvalue weighted by molar-refractivity contribution is 7.89. The van der Waals surface area contributed by atoms with Gasteiger partial charge in [0.2, 0.25) is 0 Å². The molecule has 0 bridgehead atoms. The van der Waals surface area contributed by atoms with Gasteiger partial charge in [0.25, 0.3) is 20.0 Å². The lowest BCUT2D eigenvalue weighted by Crippen LogP contribution is -2.47. The van der Waals surface area contributed by atoms with Crippen LogP contribution in [0.2, 0.25) is 0 Å². The molecule has 0 radical (unpaired) electrons. The van der Waals surface area contributed by atoms with E-state index in [2.05, 4.69) is 10.2 Å². The van der Waals surface area contributed by atoms with E-state index in [9.17, 15) is 26.3 Å². The Bertz CT molecular complexity index is 2500. The molecule has 0 atom stereocenters. The maximum absolute atomic E-state index is 14.9. The molecule has 352 valence electrons. The first-order chi connectivity index (χ1) is 31.5. The lowest BCUT2D eigenvalue weighted by molar-refractivity contribution is -0.188. The summed E-state index contributed by atoms with van der Waals surface area (Å²) in [7, 11) is 1.41. The smallest absolute Gasteiger partial charge is 0.263 e. The predicted octanol–water partition coefficient (Wildman–Crippen LogP) is 5.07. The maximum Gasteiger partial charge on any atom is 0.263 e. The SMILES string of the molecule is COc1ccc(CN(Cc2ccc(OC)cc2)S(=O)(=O)c2cc(C3(F)COC3)n(C)n2)cc1.COc1ccc(CN(Cc2ccc(OC)cc2)S(=O)(=O)c2cc(C3(O)COC3)n(C)n2)cc1. The van der Waals surface area contributed by atoms with Crippen LogP contribution in [0.5, 0.6) is 23.0 Å². The van der Waals surface area contributed by atoms with Gasteiger partial charge >= 0.3 is 0 Å². The van der Waals surface area contributed by atoms with Gasteiger partial charge in [0.15, 0.2) is 21.3 Å². The summed E-state index contributed by atoms with van der Waals surface area (Å²) in [6.07, 6.45) is 0. The summed E-state index contributed by atoms with van der Waals surface area (Å²) in [6, 6.07) is 31.5. The number of methoxy groups -OCH3 is 4. The van der Waals surface area contributed by atoms with E-state index >= 15 is 0 Å². The number of halogens is 1. The summed E-state index contributed by atoms with van der Waals surface area (Å²) in [6.45, 7) is 0.458. The first-order valence-corrected chi connectivity index (χ1v) is 23.6. The van der Waals surface area contributed by atoms with E-state index in [0.29, 0.717) is 28.7 Å². The van der Waals surface area contributed by atoms with Crippen LogP contribution >= 0.6 is 0 Å². The third-order valence-electron chi connectivity index (χ3n) is 11.3. The molecular formula is C46H53FN6O11S2. The van der Waals surface area contributed by atoms with E-state index in [-0.39, 0.29) is 68.4 Å². The van der Waals surface area contributed by atoms with Crippen molar-refractivity contribution in [3.8, 4) is 23.0 Å². The van der Waals surface area contributed by atoms with Gasteiger partial charge in [-0.3, -0.25) is 9.36 Å². The average molecular weight is 949 g/mol. The van der Waals surface area contributed by atoms with E-state index in [4.69, 9.17) is 28.4 Å². The Morgan fingerprint density at radius 3 is 1.09 bits per heavy atom. The number of hydrogen-bond acceptors (Lipinski definition) is 13. The normalized spacial score (nSPS) is 15.3. The van der Waals surface area contributed by atoms with Crippen molar-refractivity contribution in [2.45, 2.75) is 47.5 Å². The zero-order valence-electron chi connectivity index (χ0n) is 37.5. The summed E-state index contributed by atoms with van der Waals surface area (Å²) in [5, 5.41) is 18.7. The molecule has 0 spiro atoms. The van der Waals surface area contributed by atoms with Gasteiger partial charge in [-0.15, -0.1) is 0 Å². The summed E-state index contributed by atoms with van der Waals surface area (Å²) in [5.74, 6) is 2.73. The molecule has 2 aliphatic rings. The van der Waals surface area contributed by atoms with Gasteiger partial charge < -0.3 is 33.5 Å². The molecule has 0 saturated carbocycles. The van der Waals surface area contributed by atoms with Crippen molar-refractivity contribution in [1.29, 1.82) is 0 Å². The Morgan fingerprint density at radius 2 is 0.833 bits per heavy atom. The van der Waals surface area contributed by atoms with E-state index in [1.54, 1.807) is 84.0 Å². The summed E-state index contributed by atoms with van der Waals surface area (Å²) in [4.78, 5) is 0. The molecule has 4 aromatic carbocycles. The number of aryl methyl sites for hydroxylation is 2. The van der Waals surface area contributed by atoms with Gasteiger partial charge in [0.05, 0.1) is 66.3 Å². The van der Waals surface area contributed by atoms with Crippen LogP contribution in [0.4, 0.5) is 4.39 Å². The van der Waals surface area contributed by atoms with E-state index < -0.39 is 31.3 Å². The lowest BCUT2D eigenvalue weighted by Gasteiger charge is -2.35. The predicted molar refractivity (Wildman–Crippen MR) is 240 cm³/mol. The Hall–Kier alpha value is -5.87. The fourth-order valence-corrected chi connectivity index (χ4v) is 10.1. The molecule has 0 aliphatic carbocycles. The minimum atomic E-state index is -4.04. The maximum atomic E-state index is 14.9. The number of alkyl halides is 1. The Labute approximate surface area is 383 Å². The van der Waals surface area contributed by atoms with Crippen molar-refractivity contribution in [1.82, 2.24) is 28.2 Å². The summed E-state index contributed by atoms with van der Waals surface area (Å²) in [5.41, 5.74) is 0.780. The number of aliphatic hydroxyl groups is 1. The van der Waals surface area contributed by atoms with Gasteiger partial charge in [0.1, 0.15) is 23.0 Å². The molecule has 8 rings (SSSR count). The van der Waals surface area contributed by atoms with Crippen molar-refractivity contribution in [3.05, 3.63) is 143 Å². The van der Waals surface area contributed by atoms with E-state index in [0.717, 1.165) is 22.3 Å². The Balaban J connectivity index is 0.000000196. The van der Waals surface area contributed by atoms with Crippen LogP contribution in [0.25, 0.3) is 0 Å². The summed E-state index contributed by atoms with van der Waals surface area (Å²) >= 11 is 0. The second kappa shape index (κ2) is 19.9. The minimum Gasteiger partial charge on any atom is -0.497 e. The van der Waals surface area contributed by atoms with Gasteiger partial charge in [0, 0.05) is 52.4 Å². The Morgan fingerprint density at radius 1 is 0.545 bits per heavy atom. The molecule has 20 heteroatoms. The zero-order valence-corrected chi connectivity index (χ0v) is 39.1. The standard InChI is InChI=1S/C23H26FN3O5S.C23H27N3O6S/c1-26-21(23(24)15-32-16-23)12-22(25-26)33(28,29)27(13-17-4-8-19(30-2)9-5-17)14-18-6-10-20(31-3)11-7-18;1-25-21(23(27)15-32-16-23)12-22(24-25)33(28,29)26(13-17-4-8-19(30-2)9-5-17)14-18-6-10-20(31-3)11-7-18/h4-12H,13-16H2,1-3H3;4-12,27H,13-16H2,1-3H3. The molecule has 2 fully saturated rings. The van der Waals surface area contributed by atoms with Crippen LogP contribution in [0.15, 0.2) is 119 Å². The van der Waals surface area contributed by atoms with Gasteiger partial charge in [-0.1, -0.05) is 48.5 Å². The monoisotopic (exact) mass is 948 g/mol. The second-order valence-electron chi connectivity index (χ2n) is 15.9. The number of hydrogen-bond donors (Lipinski definition) is 1. The molecule has 66 heavy (non-hydrogen) atoms. The zero-order chi connectivity index (χ0) is 47.3. The number of aromatic nitrogens is 4. The Kier molecular flexibility index (Phi) is 14.5. The van der Waals surface area contributed by atoms with Crippen molar-refractivity contribution in [3.63, 3.8) is 0 Å². The molecule has 1 N–H and O–H groups in total. The molecule has 17 nitrogen and oxygen atoms in total. The van der Waals surface area contributed by atoms with Crippen LogP contribution in [-0.2, 0) is 81.1 Å². The van der Waals surface area contributed by atoms with Gasteiger partial charge in [-0.05, 0) is 70.8 Å². The number of nitrogens with zero attached hydrogens (tertiary/aromatic N) is 6. The number of rotatable bonds is 18. The third-order valence-corrected chi connectivity index (χ3v) is 14.6. The van der Waals surface area contributed by atoms with Gasteiger partial charge in [-0.2, -0.15) is 18.8 Å². The van der Waals surface area contributed by atoms with Crippen LogP contribution < -0.4 is 18.9 Å². The molecule has 4 heterocycles. The molecule has 6 aromatic rings. The molecule has 0 unspecified atom stereocenters. The largest absolute Gasteiger partial charge is 0.497 e. The van der Waals surface area contributed by atoms with E-state index in [1.807, 2.05) is 48.5 Å². The summed E-state index contributed by atoms with van der Waals surface area (Å²) < 4.78 is 106. The van der Waals surface area contributed by atoms with Crippen molar-refractivity contribution < 1.29 is 54.8 Å². The molecule has 2 aromatic heterocycles. The fourth-order valence-electron chi connectivity index (χ4n) is 7.32. The van der Waals surface area contributed by atoms with Crippen molar-refractivity contribution in [2.75, 3.05) is 54.9 Å². The van der Waals surface area contributed by atoms with Crippen molar-refractivity contribution >= 4 is 20.0 Å². The van der Waals surface area contributed by atoms with Crippen molar-refractivity contribution in [2.24, 2.45) is 14.1 Å². The number of ether oxygens (including phenoxy) is 6. The first-order valence-electron chi connectivity index (χ1n) is 20.7. The quantitative estimate of drug-likeness (QED) is 0.121. The highest BCUT2D eigenvalue weighted by Gasteiger charge is 2.45. The van der Waals surface area contributed by atoms with Crippen LogP contribution in [0.3, 0.4) is 0 Å². The third kappa shape index (κ3) is 10.5. The molecular weight excluding hydrogens is 896 g/mol. The lowest BCUT2D eigenvalue weighted by atomic mass is 9.98. The number of benzene rings is 4. The first kappa shape index (κ1) is 48.1. The topological polar surface area (TPSA) is 186 Å². The molecule has 0 amide bonds. The minimum absolute atomic E-state index is 0.105. The van der Waals surface area contributed by atoms with Gasteiger partial charge in [-0.25, -0.2) is 21.2 Å². The highest BCUT2D eigenvalue weighted by atomic mass is 32.2. The van der Waals surface area contributed by atoms with Crippen LogP contribution in [0.1, 0.15) is 33.6 Å². The molecule has 2 saturated heterocycles. The van der Waals surface area contributed by atoms with Crippen LogP contribution in [0, 0.1) is 0 Å².